The van der Waals surface area contributed by atoms with Gasteiger partial charge in [0.25, 0.3) is 0 Å². The van der Waals surface area contributed by atoms with Crippen LogP contribution >= 0.6 is 24.2 Å². The van der Waals surface area contributed by atoms with Gasteiger partial charge in [0.2, 0.25) is 11.8 Å². The Morgan fingerprint density at radius 3 is 2.39 bits per heavy atom. The number of nitrogens with zero attached hydrogens (tertiary/aromatic N) is 1. The Balaban J connectivity index is 0.00000280. The number of rotatable bonds is 8. The van der Waals surface area contributed by atoms with Gasteiger partial charge in [0.05, 0.1) is 11.0 Å². The molecular weight excluding hydrogens is 394 g/mol. The van der Waals surface area contributed by atoms with E-state index in [0.29, 0.717) is 11.8 Å². The van der Waals surface area contributed by atoms with Crippen molar-refractivity contribution in [2.24, 2.45) is 5.92 Å². The number of benzene rings is 1. The van der Waals surface area contributed by atoms with E-state index in [9.17, 15) is 9.59 Å². The molecule has 1 aliphatic carbocycles. The number of anilines is 1. The van der Waals surface area contributed by atoms with E-state index in [1.807, 2.05) is 43.0 Å². The van der Waals surface area contributed by atoms with Crippen LogP contribution in [0.25, 0.3) is 0 Å². The van der Waals surface area contributed by atoms with Crippen molar-refractivity contribution in [3.05, 3.63) is 29.8 Å². The third-order valence-electron chi connectivity index (χ3n) is 5.35. The minimum Gasteiger partial charge on any atom is -0.342 e. The average Bonchev–Trinajstić information content (AvgIpc) is 3.50. The highest BCUT2D eigenvalue weighted by Gasteiger charge is 2.28. The molecule has 1 heterocycles. The number of piperidine rings is 1. The number of thioether (sulfide) groups is 1. The van der Waals surface area contributed by atoms with E-state index >= 15 is 0 Å². The second-order valence-electron chi connectivity index (χ2n) is 7.82. The van der Waals surface area contributed by atoms with E-state index in [1.165, 1.54) is 24.6 Å². The van der Waals surface area contributed by atoms with Crippen molar-refractivity contribution in [1.29, 1.82) is 0 Å². The summed E-state index contributed by atoms with van der Waals surface area (Å²) in [5.74, 6) is 1.28. The first kappa shape index (κ1) is 23.0. The molecule has 1 aliphatic heterocycles. The summed E-state index contributed by atoms with van der Waals surface area (Å²) in [7, 11) is 0. The number of hydrogen-bond donors (Lipinski definition) is 2. The first-order valence-corrected chi connectivity index (χ1v) is 11.1. The molecule has 1 saturated heterocycles. The molecule has 0 aromatic heterocycles. The van der Waals surface area contributed by atoms with Crippen LogP contribution in [0.4, 0.5) is 5.69 Å². The van der Waals surface area contributed by atoms with Crippen LogP contribution in [0.5, 0.6) is 0 Å². The Kier molecular flexibility index (Phi) is 9.12. The first-order chi connectivity index (χ1) is 13.0. The molecule has 2 amide bonds. The van der Waals surface area contributed by atoms with Crippen LogP contribution in [0, 0.1) is 12.8 Å². The van der Waals surface area contributed by atoms with Crippen molar-refractivity contribution in [3.8, 4) is 0 Å². The van der Waals surface area contributed by atoms with Crippen molar-refractivity contribution < 1.29 is 9.59 Å². The maximum absolute atomic E-state index is 12.6. The molecule has 2 aliphatic rings. The number of amides is 2. The molecule has 1 atom stereocenters. The lowest BCUT2D eigenvalue weighted by molar-refractivity contribution is -0.131. The molecule has 7 heteroatoms. The van der Waals surface area contributed by atoms with Gasteiger partial charge in [0.1, 0.15) is 0 Å². The zero-order chi connectivity index (χ0) is 19.2. The Labute approximate surface area is 178 Å². The second-order valence-corrected chi connectivity index (χ2v) is 9.15. The van der Waals surface area contributed by atoms with Gasteiger partial charge in [-0.3, -0.25) is 9.59 Å². The third kappa shape index (κ3) is 7.30. The molecule has 1 aromatic rings. The maximum Gasteiger partial charge on any atom is 0.235 e. The van der Waals surface area contributed by atoms with Gasteiger partial charge in [-0.1, -0.05) is 17.7 Å². The fraction of sp³-hybridized carbons (Fsp3) is 0.619. The molecular formula is C21H32ClN3O2S. The second kappa shape index (κ2) is 11.1. The van der Waals surface area contributed by atoms with Gasteiger partial charge in [-0.15, -0.1) is 24.2 Å². The van der Waals surface area contributed by atoms with E-state index in [4.69, 9.17) is 0 Å². The molecule has 3 rings (SSSR count). The summed E-state index contributed by atoms with van der Waals surface area (Å²) >= 11 is 1.41. The monoisotopic (exact) mass is 425 g/mol. The summed E-state index contributed by atoms with van der Waals surface area (Å²) < 4.78 is 0. The normalized spacial score (nSPS) is 18.3. The number of likely N-dealkylation sites (tertiary alicyclic amines) is 1. The van der Waals surface area contributed by atoms with Gasteiger partial charge < -0.3 is 15.5 Å². The Hall–Kier alpha value is -1.24. The summed E-state index contributed by atoms with van der Waals surface area (Å²) in [5, 5.41) is 6.34. The molecule has 0 spiro atoms. The van der Waals surface area contributed by atoms with E-state index in [0.717, 1.165) is 49.6 Å². The highest BCUT2D eigenvalue weighted by atomic mass is 35.5. The van der Waals surface area contributed by atoms with Gasteiger partial charge in [-0.25, -0.2) is 0 Å². The Morgan fingerprint density at radius 1 is 1.14 bits per heavy atom. The van der Waals surface area contributed by atoms with Crippen LogP contribution in [0.15, 0.2) is 24.3 Å². The van der Waals surface area contributed by atoms with Crippen molar-refractivity contribution in [2.45, 2.75) is 50.8 Å². The number of aryl methyl sites for hydroxylation is 1. The molecule has 28 heavy (non-hydrogen) atoms. The molecule has 1 saturated carbocycles. The standard InChI is InChI=1S/C21H31N3O2S.ClH/c1-15-3-7-19(8-4-15)23-20(25)14-27-16(2)21(26)24-11-9-18(10-12-24)22-13-17-5-6-17;/h3-4,7-8,16-18,22H,5-6,9-14H2,1-2H3,(H,23,25);1H. The van der Waals surface area contributed by atoms with Gasteiger partial charge in [0.15, 0.2) is 0 Å². The van der Waals surface area contributed by atoms with Crippen LogP contribution in [-0.4, -0.2) is 53.4 Å². The number of hydrogen-bond acceptors (Lipinski definition) is 4. The van der Waals surface area contributed by atoms with Crippen molar-refractivity contribution in [3.63, 3.8) is 0 Å². The van der Waals surface area contributed by atoms with E-state index in [1.54, 1.807) is 0 Å². The zero-order valence-corrected chi connectivity index (χ0v) is 18.4. The van der Waals surface area contributed by atoms with Gasteiger partial charge in [0, 0.05) is 24.8 Å². The van der Waals surface area contributed by atoms with Crippen molar-refractivity contribution >= 4 is 41.7 Å². The SMILES string of the molecule is Cc1ccc(NC(=O)CSC(C)C(=O)N2CCC(NCC3CC3)CC2)cc1.Cl. The molecule has 2 fully saturated rings. The highest BCUT2D eigenvalue weighted by Crippen LogP contribution is 2.28. The molecule has 1 unspecified atom stereocenters. The van der Waals surface area contributed by atoms with Gasteiger partial charge in [-0.05, 0) is 64.1 Å². The first-order valence-electron chi connectivity index (χ1n) is 10.0. The number of carbonyl (C=O) groups is 2. The smallest absolute Gasteiger partial charge is 0.235 e. The topological polar surface area (TPSA) is 61.4 Å². The fourth-order valence-corrected chi connectivity index (χ4v) is 4.09. The third-order valence-corrected chi connectivity index (χ3v) is 6.48. The minimum absolute atomic E-state index is 0. The lowest BCUT2D eigenvalue weighted by atomic mass is 10.0. The van der Waals surface area contributed by atoms with Crippen LogP contribution in [0.2, 0.25) is 0 Å². The fourth-order valence-electron chi connectivity index (χ4n) is 3.32. The molecule has 5 nitrogen and oxygen atoms in total. The summed E-state index contributed by atoms with van der Waals surface area (Å²) in [5.41, 5.74) is 1.96. The lowest BCUT2D eigenvalue weighted by Gasteiger charge is -2.34. The zero-order valence-electron chi connectivity index (χ0n) is 16.8. The van der Waals surface area contributed by atoms with Crippen LogP contribution in [-0.2, 0) is 9.59 Å². The minimum atomic E-state index is -0.190. The molecule has 156 valence electrons. The molecule has 2 N–H and O–H groups in total. The predicted octanol–water partition coefficient (Wildman–Crippen LogP) is 3.47. The van der Waals surface area contributed by atoms with E-state index in [-0.39, 0.29) is 29.5 Å². The summed E-state index contributed by atoms with van der Waals surface area (Å²) in [4.78, 5) is 26.7. The Morgan fingerprint density at radius 2 is 1.79 bits per heavy atom. The van der Waals surface area contributed by atoms with Crippen LogP contribution < -0.4 is 10.6 Å². The van der Waals surface area contributed by atoms with Gasteiger partial charge >= 0.3 is 0 Å². The van der Waals surface area contributed by atoms with Gasteiger partial charge in [-0.2, -0.15) is 0 Å². The lowest BCUT2D eigenvalue weighted by Crippen LogP contribution is -2.47. The quantitative estimate of drug-likeness (QED) is 0.669. The summed E-state index contributed by atoms with van der Waals surface area (Å²) in [6, 6.07) is 8.29. The molecule has 0 radical (unpaired) electrons. The van der Waals surface area contributed by atoms with E-state index in [2.05, 4.69) is 10.6 Å². The molecule has 1 aromatic carbocycles. The van der Waals surface area contributed by atoms with Crippen molar-refractivity contribution in [1.82, 2.24) is 10.2 Å². The van der Waals surface area contributed by atoms with Crippen molar-refractivity contribution in [2.75, 3.05) is 30.7 Å². The number of carbonyl (C=O) groups excluding carboxylic acids is 2. The number of halogens is 1. The average molecular weight is 426 g/mol. The highest BCUT2D eigenvalue weighted by molar-refractivity contribution is 8.01. The number of nitrogens with one attached hydrogen (secondary N) is 2. The van der Waals surface area contributed by atoms with E-state index < -0.39 is 0 Å². The Bertz CT molecular complexity index is 644. The summed E-state index contributed by atoms with van der Waals surface area (Å²) in [6.45, 7) is 6.70. The van der Waals surface area contributed by atoms with Crippen LogP contribution in [0.1, 0.15) is 38.2 Å². The largest absolute Gasteiger partial charge is 0.342 e. The predicted molar refractivity (Wildman–Crippen MR) is 119 cm³/mol. The molecule has 0 bridgehead atoms. The summed E-state index contributed by atoms with van der Waals surface area (Å²) in [6.07, 6.45) is 4.81. The van der Waals surface area contributed by atoms with Crippen LogP contribution in [0.3, 0.4) is 0 Å². The maximum atomic E-state index is 12.6.